The lowest BCUT2D eigenvalue weighted by Crippen LogP contribution is -2.59. The minimum Gasteiger partial charge on any atom is -0.378 e. The van der Waals surface area contributed by atoms with Crippen LogP contribution in [0.15, 0.2) is 43.0 Å². The number of rotatable bonds is 5. The van der Waals surface area contributed by atoms with Crippen LogP contribution in [-0.4, -0.2) is 34.3 Å². The second-order valence-corrected chi connectivity index (χ2v) is 6.94. The molecule has 0 spiro atoms. The van der Waals surface area contributed by atoms with E-state index in [0.29, 0.717) is 18.6 Å². The van der Waals surface area contributed by atoms with Gasteiger partial charge in [-0.2, -0.15) is 0 Å². The Kier molecular flexibility index (Phi) is 4.70. The number of imidazole rings is 1. The van der Waals surface area contributed by atoms with Crippen molar-refractivity contribution >= 4 is 6.03 Å². The van der Waals surface area contributed by atoms with Crippen LogP contribution < -0.4 is 10.6 Å². The van der Waals surface area contributed by atoms with Crippen molar-refractivity contribution in [1.82, 2.24) is 20.2 Å². The van der Waals surface area contributed by atoms with Crippen molar-refractivity contribution in [3.05, 3.63) is 54.1 Å². The van der Waals surface area contributed by atoms with Crippen LogP contribution in [0.4, 0.5) is 4.79 Å². The van der Waals surface area contributed by atoms with E-state index < -0.39 is 0 Å². The number of benzene rings is 1. The van der Waals surface area contributed by atoms with Gasteiger partial charge in [-0.25, -0.2) is 9.78 Å². The molecule has 1 aromatic carbocycles. The molecule has 2 N–H and O–H groups in total. The van der Waals surface area contributed by atoms with E-state index in [1.54, 1.807) is 12.5 Å². The molecular formula is C19H24N4O2. The van der Waals surface area contributed by atoms with Gasteiger partial charge in [0.15, 0.2) is 0 Å². The number of nitrogens with zero attached hydrogens (tertiary/aromatic N) is 2. The maximum Gasteiger partial charge on any atom is 0.315 e. The molecule has 0 unspecified atom stereocenters. The van der Waals surface area contributed by atoms with Gasteiger partial charge in [-0.05, 0) is 30.4 Å². The van der Waals surface area contributed by atoms with E-state index in [1.165, 1.54) is 5.56 Å². The number of nitrogens with one attached hydrogen (secondary N) is 2. The lowest BCUT2D eigenvalue weighted by atomic mass is 9.72. The van der Waals surface area contributed by atoms with Crippen LogP contribution in [0.25, 0.3) is 0 Å². The molecular weight excluding hydrogens is 316 g/mol. The van der Waals surface area contributed by atoms with Crippen LogP contribution in [0.5, 0.6) is 0 Å². The number of hydrogen-bond acceptors (Lipinski definition) is 3. The molecule has 1 saturated heterocycles. The molecule has 4 rings (SSSR count). The van der Waals surface area contributed by atoms with Crippen LogP contribution >= 0.6 is 0 Å². The Morgan fingerprint density at radius 2 is 2.28 bits per heavy atom. The zero-order valence-electron chi connectivity index (χ0n) is 14.2. The molecule has 6 nitrogen and oxygen atoms in total. The highest BCUT2D eigenvalue weighted by atomic mass is 16.5. The van der Waals surface area contributed by atoms with Crippen LogP contribution in [-0.2, 0) is 17.8 Å². The molecule has 1 saturated carbocycles. The Morgan fingerprint density at radius 3 is 3.12 bits per heavy atom. The van der Waals surface area contributed by atoms with Crippen molar-refractivity contribution in [3.63, 3.8) is 0 Å². The number of fused-ring (bicyclic) bond motifs is 1. The summed E-state index contributed by atoms with van der Waals surface area (Å²) in [7, 11) is 0. The molecule has 0 bridgehead atoms. The van der Waals surface area contributed by atoms with Crippen molar-refractivity contribution in [2.45, 2.75) is 44.5 Å². The molecule has 1 aromatic heterocycles. The van der Waals surface area contributed by atoms with E-state index in [1.807, 2.05) is 22.9 Å². The van der Waals surface area contributed by atoms with Crippen molar-refractivity contribution in [3.8, 4) is 0 Å². The summed E-state index contributed by atoms with van der Waals surface area (Å²) < 4.78 is 7.72. The quantitative estimate of drug-likeness (QED) is 0.877. The average Bonchev–Trinajstić information content (AvgIpc) is 3.11. The van der Waals surface area contributed by atoms with Crippen molar-refractivity contribution in [2.24, 2.45) is 5.92 Å². The van der Waals surface area contributed by atoms with Gasteiger partial charge < -0.3 is 19.9 Å². The highest BCUT2D eigenvalue weighted by Crippen LogP contribution is 2.37. The van der Waals surface area contributed by atoms with Gasteiger partial charge in [0.05, 0.1) is 12.4 Å². The molecule has 2 heterocycles. The molecule has 6 heteroatoms. The maximum absolute atomic E-state index is 12.2. The lowest BCUT2D eigenvalue weighted by Gasteiger charge is -2.47. The van der Waals surface area contributed by atoms with E-state index in [4.69, 9.17) is 4.74 Å². The summed E-state index contributed by atoms with van der Waals surface area (Å²) in [5.74, 6) is 0.498. The zero-order valence-corrected chi connectivity index (χ0v) is 14.2. The largest absolute Gasteiger partial charge is 0.378 e. The predicted molar refractivity (Wildman–Crippen MR) is 94.0 cm³/mol. The van der Waals surface area contributed by atoms with Crippen LogP contribution in [0.1, 0.15) is 30.4 Å². The molecule has 25 heavy (non-hydrogen) atoms. The fourth-order valence-electron chi connectivity index (χ4n) is 3.79. The summed E-state index contributed by atoms with van der Waals surface area (Å²) in [4.78, 5) is 16.2. The normalized spacial score (nSPS) is 24.9. The SMILES string of the molecule is O=C(NCc1cccc(Cn2ccnc2)c1)N[C@@H]1C[C@@H]2OCCC[C@H]21. The zero-order chi connectivity index (χ0) is 17.1. The topological polar surface area (TPSA) is 68.2 Å². The molecule has 2 aliphatic rings. The van der Waals surface area contributed by atoms with Crippen LogP contribution in [0, 0.1) is 5.92 Å². The van der Waals surface area contributed by atoms with E-state index >= 15 is 0 Å². The summed E-state index contributed by atoms with van der Waals surface area (Å²) >= 11 is 0. The fourth-order valence-corrected chi connectivity index (χ4v) is 3.79. The molecule has 2 aromatic rings. The minimum atomic E-state index is -0.0889. The van der Waals surface area contributed by atoms with E-state index in [-0.39, 0.29) is 12.1 Å². The van der Waals surface area contributed by atoms with Crippen molar-refractivity contribution in [2.75, 3.05) is 6.61 Å². The van der Waals surface area contributed by atoms with Gasteiger partial charge in [0.25, 0.3) is 0 Å². The summed E-state index contributed by atoms with van der Waals surface area (Å²) in [5, 5.41) is 6.06. The molecule has 2 fully saturated rings. The Balaban J connectivity index is 1.26. The Morgan fingerprint density at radius 1 is 1.36 bits per heavy atom. The second kappa shape index (κ2) is 7.27. The molecule has 3 atom stereocenters. The Bertz CT molecular complexity index is 716. The van der Waals surface area contributed by atoms with Gasteiger partial charge in [-0.1, -0.05) is 24.3 Å². The number of hydrogen-bond donors (Lipinski definition) is 2. The van der Waals surface area contributed by atoms with Gasteiger partial charge in [-0.15, -0.1) is 0 Å². The summed E-state index contributed by atoms with van der Waals surface area (Å²) in [6.07, 6.45) is 9.09. The van der Waals surface area contributed by atoms with Crippen LogP contribution in [0.3, 0.4) is 0 Å². The first-order valence-electron chi connectivity index (χ1n) is 8.97. The Hall–Kier alpha value is -2.34. The number of carbonyl (C=O) groups excluding carboxylic acids is 1. The highest BCUT2D eigenvalue weighted by molar-refractivity contribution is 5.74. The first-order valence-corrected chi connectivity index (χ1v) is 8.97. The summed E-state index contributed by atoms with van der Waals surface area (Å²) in [6.45, 7) is 2.18. The Labute approximate surface area is 147 Å². The molecule has 1 aliphatic heterocycles. The minimum absolute atomic E-state index is 0.0889. The van der Waals surface area contributed by atoms with Gasteiger partial charge >= 0.3 is 6.03 Å². The van der Waals surface area contributed by atoms with Crippen LogP contribution in [0.2, 0.25) is 0 Å². The summed E-state index contributed by atoms with van der Waals surface area (Å²) in [6, 6.07) is 8.44. The van der Waals surface area contributed by atoms with Gasteiger partial charge in [0, 0.05) is 44.0 Å². The van der Waals surface area contributed by atoms with Gasteiger partial charge in [-0.3, -0.25) is 0 Å². The first kappa shape index (κ1) is 16.1. The number of carbonyl (C=O) groups is 1. The smallest absolute Gasteiger partial charge is 0.315 e. The van der Waals surface area contributed by atoms with E-state index in [0.717, 1.165) is 38.0 Å². The van der Waals surface area contributed by atoms with Crippen molar-refractivity contribution in [1.29, 1.82) is 0 Å². The summed E-state index contributed by atoms with van der Waals surface area (Å²) in [5.41, 5.74) is 2.29. The third-order valence-electron chi connectivity index (χ3n) is 5.18. The second-order valence-electron chi connectivity index (χ2n) is 6.94. The average molecular weight is 340 g/mol. The number of ether oxygens (including phenoxy) is 1. The standard InChI is InChI=1S/C19H24N4O2/c24-19(22-17-10-18-16(17)5-2-8-25-18)21-11-14-3-1-4-15(9-14)12-23-7-6-20-13-23/h1,3-4,6-7,9,13,16-18H,2,5,8,10-12H2,(H2,21,22,24)/t16-,17+,18-/m0/s1. The van der Waals surface area contributed by atoms with Gasteiger partial charge in [0.1, 0.15) is 0 Å². The van der Waals surface area contributed by atoms with Crippen molar-refractivity contribution < 1.29 is 9.53 Å². The third kappa shape index (κ3) is 3.85. The monoisotopic (exact) mass is 340 g/mol. The molecule has 1 aliphatic carbocycles. The number of amides is 2. The molecule has 2 amide bonds. The predicted octanol–water partition coefficient (Wildman–Crippen LogP) is 2.30. The number of urea groups is 1. The fraction of sp³-hybridized carbons (Fsp3) is 0.474. The van der Waals surface area contributed by atoms with Gasteiger partial charge in [0.2, 0.25) is 0 Å². The maximum atomic E-state index is 12.2. The highest BCUT2D eigenvalue weighted by Gasteiger charge is 2.43. The molecule has 0 radical (unpaired) electrons. The molecule has 132 valence electrons. The lowest BCUT2D eigenvalue weighted by molar-refractivity contribution is -0.0999. The third-order valence-corrected chi connectivity index (χ3v) is 5.18. The van der Waals surface area contributed by atoms with E-state index in [9.17, 15) is 4.79 Å². The number of aromatic nitrogens is 2. The van der Waals surface area contributed by atoms with E-state index in [2.05, 4.69) is 27.8 Å². The first-order chi connectivity index (χ1) is 12.3.